The largest absolute Gasteiger partial charge is 0.345 e. The maximum atomic E-state index is 13.7. The van der Waals surface area contributed by atoms with E-state index in [0.717, 1.165) is 30.6 Å². The Balaban J connectivity index is 1.49. The Kier molecular flexibility index (Phi) is 5.54. The number of rotatable bonds is 4. The molecule has 1 fully saturated rings. The molecule has 31 heavy (non-hydrogen) atoms. The molecule has 0 radical (unpaired) electrons. The number of piperidine rings is 1. The molecule has 3 aromatic heterocycles. The monoisotopic (exact) mass is 475 g/mol. The minimum Gasteiger partial charge on any atom is -0.345 e. The number of carbonyl (C=O) groups is 1. The van der Waals surface area contributed by atoms with E-state index < -0.39 is 10.0 Å². The third-order valence-corrected chi connectivity index (χ3v) is 9.98. The topological polar surface area (TPSA) is 62.6 Å². The highest BCUT2D eigenvalue weighted by atomic mass is 32.2. The van der Waals surface area contributed by atoms with E-state index in [0.29, 0.717) is 25.3 Å². The van der Waals surface area contributed by atoms with Gasteiger partial charge in [0.05, 0.1) is 6.04 Å². The average Bonchev–Trinajstić information content (AvgIpc) is 3.54. The van der Waals surface area contributed by atoms with Gasteiger partial charge < -0.3 is 9.47 Å². The molecule has 0 saturated carbocycles. The van der Waals surface area contributed by atoms with E-state index in [1.54, 1.807) is 50.9 Å². The summed E-state index contributed by atoms with van der Waals surface area (Å²) in [7, 11) is -1.83. The molecule has 1 saturated heterocycles. The molecule has 0 aromatic carbocycles. The maximum absolute atomic E-state index is 13.7. The molecule has 3 aromatic rings. The summed E-state index contributed by atoms with van der Waals surface area (Å²) in [4.78, 5) is 18.2. The van der Waals surface area contributed by atoms with E-state index in [-0.39, 0.29) is 16.8 Å². The molecule has 2 aliphatic heterocycles. The first-order valence-electron chi connectivity index (χ1n) is 10.5. The van der Waals surface area contributed by atoms with Gasteiger partial charge in [0.1, 0.15) is 10.6 Å². The predicted octanol–water partition coefficient (Wildman–Crippen LogP) is 4.11. The number of fused-ring (bicyclic) bond motifs is 1. The highest BCUT2D eigenvalue weighted by molar-refractivity contribution is 7.89. The fourth-order valence-corrected chi connectivity index (χ4v) is 7.93. The first-order chi connectivity index (χ1) is 15.0. The first kappa shape index (κ1) is 20.9. The van der Waals surface area contributed by atoms with Crippen LogP contribution in [0.25, 0.3) is 0 Å². The number of thiophene rings is 2. The van der Waals surface area contributed by atoms with Crippen LogP contribution in [0.4, 0.5) is 0 Å². The molecular weight excluding hydrogens is 450 g/mol. The van der Waals surface area contributed by atoms with Crippen molar-refractivity contribution in [1.82, 2.24) is 13.8 Å². The van der Waals surface area contributed by atoms with Crippen LogP contribution in [0.2, 0.25) is 0 Å². The summed E-state index contributed by atoms with van der Waals surface area (Å²) in [6.07, 6.45) is 5.24. The highest BCUT2D eigenvalue weighted by Crippen LogP contribution is 2.40. The molecule has 5 rings (SSSR count). The van der Waals surface area contributed by atoms with Crippen LogP contribution in [0.1, 0.15) is 51.1 Å². The lowest BCUT2D eigenvalue weighted by molar-refractivity contribution is 0.0689. The van der Waals surface area contributed by atoms with Crippen LogP contribution >= 0.6 is 22.7 Å². The zero-order chi connectivity index (χ0) is 21.6. The van der Waals surface area contributed by atoms with E-state index in [1.807, 2.05) is 16.3 Å². The van der Waals surface area contributed by atoms with E-state index in [1.165, 1.54) is 10.4 Å². The highest BCUT2D eigenvalue weighted by Gasteiger charge is 2.36. The van der Waals surface area contributed by atoms with Crippen LogP contribution in [-0.2, 0) is 23.5 Å². The Labute approximate surface area is 190 Å². The zero-order valence-electron chi connectivity index (χ0n) is 17.4. The molecule has 0 N–H and O–H groups in total. The summed E-state index contributed by atoms with van der Waals surface area (Å²) in [6, 6.07) is 7.62. The number of hydrogen-bond donors (Lipinski definition) is 0. The fourth-order valence-electron chi connectivity index (χ4n) is 4.58. The minimum atomic E-state index is -3.58. The number of aryl methyl sites for hydroxylation is 1. The van der Waals surface area contributed by atoms with Crippen LogP contribution in [0.3, 0.4) is 0 Å². The SMILES string of the molecule is Cn1cc(S(=O)(=O)N2CCCCC2)cc1C(=O)N1CCc2sccc2C1c1cccs1. The van der Waals surface area contributed by atoms with Gasteiger partial charge in [-0.1, -0.05) is 12.5 Å². The van der Waals surface area contributed by atoms with Gasteiger partial charge in [-0.25, -0.2) is 8.42 Å². The van der Waals surface area contributed by atoms with Crippen molar-refractivity contribution in [3.63, 3.8) is 0 Å². The number of sulfonamides is 1. The van der Waals surface area contributed by atoms with Crippen molar-refractivity contribution >= 4 is 38.6 Å². The molecule has 2 aliphatic rings. The second-order valence-corrected chi connectivity index (χ2v) is 12.0. The molecule has 0 spiro atoms. The van der Waals surface area contributed by atoms with Crippen molar-refractivity contribution in [1.29, 1.82) is 0 Å². The standard InChI is InChI=1S/C22H25N3O3S3/c1-23-15-16(31(27,28)24-9-3-2-4-10-24)14-18(23)22(26)25-11-7-19-17(8-13-30-19)21(25)20-6-5-12-29-20/h5-6,8,12-15,21H,2-4,7,9-11H2,1H3. The van der Waals surface area contributed by atoms with E-state index in [9.17, 15) is 13.2 Å². The van der Waals surface area contributed by atoms with Crippen LogP contribution in [0, 0.1) is 0 Å². The van der Waals surface area contributed by atoms with Crippen molar-refractivity contribution in [2.45, 2.75) is 36.6 Å². The van der Waals surface area contributed by atoms with Gasteiger partial charge >= 0.3 is 0 Å². The average molecular weight is 476 g/mol. The van der Waals surface area contributed by atoms with Crippen LogP contribution in [0.15, 0.2) is 46.1 Å². The zero-order valence-corrected chi connectivity index (χ0v) is 19.8. The van der Waals surface area contributed by atoms with E-state index in [2.05, 4.69) is 17.5 Å². The summed E-state index contributed by atoms with van der Waals surface area (Å²) >= 11 is 3.39. The molecule has 164 valence electrons. The Morgan fingerprint density at radius 1 is 1.06 bits per heavy atom. The van der Waals surface area contributed by atoms with Crippen molar-refractivity contribution in [2.24, 2.45) is 7.05 Å². The third kappa shape index (κ3) is 3.67. The lowest BCUT2D eigenvalue weighted by Gasteiger charge is -2.35. The molecule has 6 nitrogen and oxygen atoms in total. The number of nitrogens with zero attached hydrogens (tertiary/aromatic N) is 3. The molecule has 0 aliphatic carbocycles. The number of hydrogen-bond acceptors (Lipinski definition) is 5. The maximum Gasteiger partial charge on any atom is 0.271 e. The lowest BCUT2D eigenvalue weighted by atomic mass is 9.98. The van der Waals surface area contributed by atoms with Crippen molar-refractivity contribution in [3.8, 4) is 0 Å². The van der Waals surface area contributed by atoms with E-state index >= 15 is 0 Å². The summed E-state index contributed by atoms with van der Waals surface area (Å²) in [5.41, 5.74) is 1.60. The van der Waals surface area contributed by atoms with Crippen molar-refractivity contribution < 1.29 is 13.2 Å². The minimum absolute atomic E-state index is 0.125. The normalized spacial score (nSPS) is 20.0. The smallest absolute Gasteiger partial charge is 0.271 e. The second-order valence-electron chi connectivity index (χ2n) is 8.10. The third-order valence-electron chi connectivity index (χ3n) is 6.19. The Morgan fingerprint density at radius 2 is 1.87 bits per heavy atom. The molecule has 9 heteroatoms. The van der Waals surface area contributed by atoms with Gasteiger partial charge in [-0.3, -0.25) is 4.79 Å². The van der Waals surface area contributed by atoms with Crippen LogP contribution < -0.4 is 0 Å². The van der Waals surface area contributed by atoms with Crippen molar-refractivity contribution in [3.05, 3.63) is 62.2 Å². The van der Waals surface area contributed by atoms with Gasteiger partial charge in [-0.05, 0) is 53.8 Å². The summed E-state index contributed by atoms with van der Waals surface area (Å²) in [6.45, 7) is 1.72. The molecule has 1 atom stereocenters. The van der Waals surface area contributed by atoms with Gasteiger partial charge in [0.15, 0.2) is 0 Å². The number of aromatic nitrogens is 1. The lowest BCUT2D eigenvalue weighted by Crippen LogP contribution is -2.40. The molecule has 1 amide bonds. The molecule has 5 heterocycles. The first-order valence-corrected chi connectivity index (χ1v) is 13.7. The number of amides is 1. The van der Waals surface area contributed by atoms with Crippen LogP contribution in [0.5, 0.6) is 0 Å². The Hall–Kier alpha value is -1.94. The van der Waals surface area contributed by atoms with Crippen molar-refractivity contribution in [2.75, 3.05) is 19.6 Å². The summed E-state index contributed by atoms with van der Waals surface area (Å²) < 4.78 is 29.5. The summed E-state index contributed by atoms with van der Waals surface area (Å²) in [5, 5.41) is 4.12. The molecule has 1 unspecified atom stereocenters. The quantitative estimate of drug-likeness (QED) is 0.571. The Morgan fingerprint density at radius 3 is 2.61 bits per heavy atom. The molecule has 0 bridgehead atoms. The van der Waals surface area contributed by atoms with Gasteiger partial charge in [0, 0.05) is 42.6 Å². The van der Waals surface area contributed by atoms with Gasteiger partial charge in [-0.2, -0.15) is 4.31 Å². The second kappa shape index (κ2) is 8.20. The number of carbonyl (C=O) groups excluding carboxylic acids is 1. The molecular formula is C22H25N3O3S3. The van der Waals surface area contributed by atoms with Gasteiger partial charge in [0.2, 0.25) is 10.0 Å². The van der Waals surface area contributed by atoms with Gasteiger partial charge in [0.25, 0.3) is 5.91 Å². The summed E-state index contributed by atoms with van der Waals surface area (Å²) in [5.74, 6) is -0.127. The Bertz CT molecular complexity index is 1190. The fraction of sp³-hybridized carbons (Fsp3) is 0.409. The van der Waals surface area contributed by atoms with Gasteiger partial charge in [-0.15, -0.1) is 22.7 Å². The van der Waals surface area contributed by atoms with E-state index in [4.69, 9.17) is 0 Å². The van der Waals surface area contributed by atoms with Crippen LogP contribution in [-0.4, -0.2) is 47.7 Å². The predicted molar refractivity (Wildman–Crippen MR) is 123 cm³/mol.